The van der Waals surface area contributed by atoms with Gasteiger partial charge in [0.2, 0.25) is 4.11 Å². The predicted molar refractivity (Wildman–Crippen MR) is 83.7 cm³/mol. The molecule has 0 saturated carbocycles. The average Bonchev–Trinajstić information content (AvgIpc) is 2.40. The number of esters is 1. The van der Waals surface area contributed by atoms with E-state index in [4.69, 9.17) is 11.2 Å². The van der Waals surface area contributed by atoms with E-state index in [9.17, 15) is 4.79 Å². The third-order valence-electron chi connectivity index (χ3n) is 2.21. The Balaban J connectivity index is 2.47. The molecule has 0 aliphatic carbocycles. The van der Waals surface area contributed by atoms with Gasteiger partial charge in [0.05, 0.1) is 0 Å². The highest BCUT2D eigenvalue weighted by Gasteiger charge is 2.19. The minimum absolute atomic E-state index is 0.361. The summed E-state index contributed by atoms with van der Waals surface area (Å²) in [6.45, 7) is 0.586. The Morgan fingerprint density at radius 1 is 1.50 bits per heavy atom. The first-order valence-corrected chi connectivity index (χ1v) is 7.24. The number of thiol groups is 1. The van der Waals surface area contributed by atoms with Crippen molar-refractivity contribution < 1.29 is 9.53 Å². The molecule has 0 radical (unpaired) electrons. The van der Waals surface area contributed by atoms with Crippen LogP contribution in [0.2, 0.25) is 0 Å². The summed E-state index contributed by atoms with van der Waals surface area (Å²) in [5, 5.41) is 3.09. The number of ether oxygens (including phenoxy) is 1. The lowest BCUT2D eigenvalue weighted by molar-refractivity contribution is -0.144. The monoisotopic (exact) mass is 375 g/mol. The second-order valence-electron chi connectivity index (χ2n) is 3.52. The van der Waals surface area contributed by atoms with Gasteiger partial charge in [0.25, 0.3) is 0 Å². The van der Waals surface area contributed by atoms with Crippen molar-refractivity contribution in [1.82, 2.24) is 5.32 Å². The molecular formula is C13H14INO2S. The topological polar surface area (TPSA) is 38.3 Å². The zero-order valence-corrected chi connectivity index (χ0v) is 12.7. The first-order chi connectivity index (χ1) is 8.67. The minimum atomic E-state index is -0.545. The Bertz CT molecular complexity index is 419. The molecule has 1 N–H and O–H groups in total. The highest BCUT2D eigenvalue weighted by atomic mass is 127. The number of halogens is 1. The molecule has 96 valence electrons. The Labute approximate surface area is 126 Å². The number of benzene rings is 1. The number of nitrogens with one attached hydrogen (secondary N) is 1. The molecule has 0 aliphatic heterocycles. The maximum absolute atomic E-state index is 11.7. The summed E-state index contributed by atoms with van der Waals surface area (Å²) >= 11 is 6.01. The average molecular weight is 375 g/mol. The van der Waals surface area contributed by atoms with Crippen molar-refractivity contribution in [2.24, 2.45) is 0 Å². The number of carbonyl (C=O) groups is 1. The molecule has 0 aliphatic rings. The molecule has 2 atom stereocenters. The van der Waals surface area contributed by atoms with Gasteiger partial charge in [0.1, 0.15) is 6.04 Å². The van der Waals surface area contributed by atoms with Gasteiger partial charge in [-0.05, 0) is 28.2 Å². The number of rotatable bonds is 6. The van der Waals surface area contributed by atoms with Gasteiger partial charge in [-0.1, -0.05) is 36.3 Å². The summed E-state index contributed by atoms with van der Waals surface area (Å²) in [5.41, 5.74) is 1.10. The van der Waals surface area contributed by atoms with Crippen molar-refractivity contribution >= 4 is 41.2 Å². The van der Waals surface area contributed by atoms with Crippen molar-refractivity contribution in [3.05, 3.63) is 35.9 Å². The molecule has 3 nitrogen and oxygen atoms in total. The smallest absolute Gasteiger partial charge is 0.325 e. The number of carbonyl (C=O) groups excluding carboxylic acids is 1. The lowest BCUT2D eigenvalue weighted by atomic mass is 10.2. The fourth-order valence-corrected chi connectivity index (χ4v) is 1.81. The van der Waals surface area contributed by atoms with Crippen LogP contribution in [0.15, 0.2) is 30.3 Å². The lowest BCUT2D eigenvalue weighted by Crippen LogP contribution is -2.40. The van der Waals surface area contributed by atoms with E-state index in [0.29, 0.717) is 12.3 Å². The molecule has 1 rings (SSSR count). The SMILES string of the molecule is C#CC(I)OC(=O)[C@H](CS)NCc1ccccc1. The first-order valence-electron chi connectivity index (χ1n) is 5.36. The molecule has 0 heterocycles. The molecule has 0 aromatic heterocycles. The maximum Gasteiger partial charge on any atom is 0.325 e. The summed E-state index contributed by atoms with van der Waals surface area (Å²) in [6.07, 6.45) is 5.15. The van der Waals surface area contributed by atoms with Crippen LogP contribution in [0.25, 0.3) is 0 Å². The third kappa shape index (κ3) is 5.29. The zero-order chi connectivity index (χ0) is 13.4. The van der Waals surface area contributed by atoms with E-state index in [2.05, 4.69) is 23.9 Å². The number of terminal acetylenes is 1. The number of alkyl halides is 1. The summed E-state index contributed by atoms with van der Waals surface area (Å²) in [6, 6.07) is 9.35. The fraction of sp³-hybridized carbons (Fsp3) is 0.308. The van der Waals surface area contributed by atoms with Gasteiger partial charge in [-0.2, -0.15) is 12.6 Å². The summed E-state index contributed by atoms with van der Waals surface area (Å²) in [4.78, 5) is 11.7. The molecule has 5 heteroatoms. The maximum atomic E-state index is 11.7. The highest BCUT2D eigenvalue weighted by molar-refractivity contribution is 14.1. The zero-order valence-electron chi connectivity index (χ0n) is 9.67. The van der Waals surface area contributed by atoms with Crippen LogP contribution < -0.4 is 5.32 Å². The molecule has 0 fully saturated rings. The van der Waals surface area contributed by atoms with E-state index in [1.54, 1.807) is 0 Å². The minimum Gasteiger partial charge on any atom is -0.438 e. The predicted octanol–water partition coefficient (Wildman–Crippen LogP) is 2.01. The third-order valence-corrected chi connectivity index (χ3v) is 3.19. The molecule has 1 unspecified atom stereocenters. The van der Waals surface area contributed by atoms with Gasteiger partial charge >= 0.3 is 5.97 Å². The lowest BCUT2D eigenvalue weighted by Gasteiger charge is -2.16. The Kier molecular flexibility index (Phi) is 7.16. The van der Waals surface area contributed by atoms with Crippen LogP contribution >= 0.6 is 35.2 Å². The fourth-order valence-electron chi connectivity index (χ4n) is 1.28. The second kappa shape index (κ2) is 8.40. The molecule has 0 amide bonds. The highest BCUT2D eigenvalue weighted by Crippen LogP contribution is 2.05. The van der Waals surface area contributed by atoms with Crippen molar-refractivity contribution in [3.8, 4) is 12.3 Å². The van der Waals surface area contributed by atoms with Crippen LogP contribution in [0.4, 0.5) is 0 Å². The van der Waals surface area contributed by atoms with Gasteiger partial charge in [0.15, 0.2) is 0 Å². The van der Waals surface area contributed by atoms with E-state index >= 15 is 0 Å². The Morgan fingerprint density at radius 3 is 2.72 bits per heavy atom. The van der Waals surface area contributed by atoms with Crippen LogP contribution in [-0.4, -0.2) is 21.9 Å². The molecule has 18 heavy (non-hydrogen) atoms. The largest absolute Gasteiger partial charge is 0.438 e. The van der Waals surface area contributed by atoms with Gasteiger partial charge in [0, 0.05) is 12.3 Å². The van der Waals surface area contributed by atoms with Crippen LogP contribution in [0, 0.1) is 12.3 Å². The van der Waals surface area contributed by atoms with E-state index in [1.165, 1.54) is 0 Å². The second-order valence-corrected chi connectivity index (χ2v) is 5.02. The molecule has 0 bridgehead atoms. The Morgan fingerprint density at radius 2 is 2.17 bits per heavy atom. The summed E-state index contributed by atoms with van der Waals surface area (Å²) in [5.74, 6) is 2.32. The quantitative estimate of drug-likeness (QED) is 0.263. The van der Waals surface area contributed by atoms with Crippen LogP contribution in [-0.2, 0) is 16.1 Å². The van der Waals surface area contributed by atoms with E-state index in [0.717, 1.165) is 5.56 Å². The summed E-state index contributed by atoms with van der Waals surface area (Å²) in [7, 11) is 0. The van der Waals surface area contributed by atoms with Crippen molar-refractivity contribution in [2.75, 3.05) is 5.75 Å². The molecular weight excluding hydrogens is 361 g/mol. The Hall–Kier alpha value is -0.710. The summed E-state index contributed by atoms with van der Waals surface area (Å²) < 4.78 is 4.50. The van der Waals surface area contributed by atoms with Gasteiger partial charge in [-0.25, -0.2) is 0 Å². The van der Waals surface area contributed by atoms with Crippen LogP contribution in [0.3, 0.4) is 0 Å². The standard InChI is InChI=1S/C13H14INO2S/c1-2-12(14)17-13(16)11(9-18)15-8-10-6-4-3-5-7-10/h1,3-7,11-12,15,18H,8-9H2/t11-,12?/m0/s1. The van der Waals surface area contributed by atoms with Crippen molar-refractivity contribution in [2.45, 2.75) is 16.7 Å². The molecule has 0 saturated heterocycles. The van der Waals surface area contributed by atoms with Crippen molar-refractivity contribution in [3.63, 3.8) is 0 Å². The van der Waals surface area contributed by atoms with Crippen LogP contribution in [0.1, 0.15) is 5.56 Å². The van der Waals surface area contributed by atoms with Crippen molar-refractivity contribution in [1.29, 1.82) is 0 Å². The molecule has 0 spiro atoms. The van der Waals surface area contributed by atoms with Crippen LogP contribution in [0.5, 0.6) is 0 Å². The number of hydrogen-bond acceptors (Lipinski definition) is 4. The van der Waals surface area contributed by atoms with E-state index in [-0.39, 0.29) is 5.97 Å². The van der Waals surface area contributed by atoms with Gasteiger partial charge < -0.3 is 4.74 Å². The number of hydrogen-bond donors (Lipinski definition) is 2. The molecule has 1 aromatic rings. The first kappa shape index (κ1) is 15.3. The van der Waals surface area contributed by atoms with E-state index < -0.39 is 10.2 Å². The molecule has 1 aromatic carbocycles. The normalized spacial score (nSPS) is 13.4. The van der Waals surface area contributed by atoms with Gasteiger partial charge in [-0.3, -0.25) is 10.1 Å². The van der Waals surface area contributed by atoms with Gasteiger partial charge in [-0.15, -0.1) is 6.42 Å². The van der Waals surface area contributed by atoms with E-state index in [1.807, 2.05) is 52.9 Å².